The van der Waals surface area contributed by atoms with Crippen LogP contribution in [0.5, 0.6) is 5.75 Å². The van der Waals surface area contributed by atoms with E-state index in [0.717, 1.165) is 32.2 Å². The first kappa shape index (κ1) is 19.1. The minimum absolute atomic E-state index is 0.0994. The van der Waals surface area contributed by atoms with Crippen LogP contribution in [-0.4, -0.2) is 38.4 Å². The molecule has 1 amide bonds. The molecule has 2 aromatic carbocycles. The van der Waals surface area contributed by atoms with Crippen molar-refractivity contribution >= 4 is 33.2 Å². The van der Waals surface area contributed by atoms with Crippen molar-refractivity contribution in [2.45, 2.75) is 36.6 Å². The van der Waals surface area contributed by atoms with E-state index in [1.807, 2.05) is 4.90 Å². The molecule has 2 aliphatic rings. The number of hydrogen-bond donors (Lipinski definition) is 1. The van der Waals surface area contributed by atoms with Gasteiger partial charge in [0.05, 0.1) is 17.1 Å². The number of carbonyl (C=O) groups excluding carboxylic acids is 1. The number of fused-ring (bicyclic) bond motifs is 2. The average molecular weight is 421 g/mol. The Morgan fingerprint density at radius 2 is 1.86 bits per heavy atom. The molecule has 1 fully saturated rings. The van der Waals surface area contributed by atoms with Crippen LogP contribution in [0, 0.1) is 0 Å². The van der Waals surface area contributed by atoms with Crippen LogP contribution in [0.15, 0.2) is 47.4 Å². The largest absolute Gasteiger partial charge is 0.493 e. The topological polar surface area (TPSA) is 75.7 Å². The summed E-state index contributed by atoms with van der Waals surface area (Å²) in [7, 11) is -3.79. The molecule has 0 saturated carbocycles. The number of rotatable bonds is 3. The van der Waals surface area contributed by atoms with E-state index < -0.39 is 10.0 Å². The first-order chi connectivity index (χ1) is 13.4. The van der Waals surface area contributed by atoms with Gasteiger partial charge in [0.1, 0.15) is 5.75 Å². The number of carbonyl (C=O) groups is 1. The number of amides is 1. The third-order valence-electron chi connectivity index (χ3n) is 5.18. The van der Waals surface area contributed by atoms with Gasteiger partial charge in [-0.3, -0.25) is 9.52 Å². The van der Waals surface area contributed by atoms with Crippen LogP contribution in [0.2, 0.25) is 5.02 Å². The van der Waals surface area contributed by atoms with E-state index in [4.69, 9.17) is 16.3 Å². The zero-order valence-electron chi connectivity index (χ0n) is 15.2. The highest BCUT2D eigenvalue weighted by molar-refractivity contribution is 7.92. The van der Waals surface area contributed by atoms with Gasteiger partial charge in [0.25, 0.3) is 15.9 Å². The monoisotopic (exact) mass is 420 g/mol. The molecule has 1 saturated heterocycles. The molecule has 0 aliphatic carbocycles. The zero-order valence-corrected chi connectivity index (χ0v) is 16.8. The van der Waals surface area contributed by atoms with Crippen molar-refractivity contribution in [3.63, 3.8) is 0 Å². The van der Waals surface area contributed by atoms with E-state index in [1.165, 1.54) is 24.3 Å². The van der Waals surface area contributed by atoms with Crippen LogP contribution >= 0.6 is 11.6 Å². The van der Waals surface area contributed by atoms with E-state index in [2.05, 4.69) is 4.72 Å². The fourth-order valence-corrected chi connectivity index (χ4v) is 4.92. The molecule has 0 bridgehead atoms. The van der Waals surface area contributed by atoms with E-state index in [0.29, 0.717) is 28.6 Å². The number of hydrogen-bond acceptors (Lipinski definition) is 4. The van der Waals surface area contributed by atoms with Gasteiger partial charge in [0.2, 0.25) is 0 Å². The van der Waals surface area contributed by atoms with E-state index in [9.17, 15) is 13.2 Å². The van der Waals surface area contributed by atoms with Crippen molar-refractivity contribution in [3.05, 3.63) is 53.1 Å². The van der Waals surface area contributed by atoms with Crippen molar-refractivity contribution in [1.29, 1.82) is 0 Å². The fourth-order valence-electron chi connectivity index (χ4n) is 3.74. The average Bonchev–Trinajstić information content (AvgIpc) is 2.68. The minimum Gasteiger partial charge on any atom is -0.493 e. The standard InChI is InChI=1S/C20H21ClN2O4S/c21-14-4-7-17(8-5-14)28(25,26)22-15-6-9-19-18(13-15)20(24)23-11-2-1-3-16(23)10-12-27-19/h4-9,13,16,22H,1-3,10-12H2. The Morgan fingerprint density at radius 3 is 2.64 bits per heavy atom. The summed E-state index contributed by atoms with van der Waals surface area (Å²) >= 11 is 5.83. The lowest BCUT2D eigenvalue weighted by Crippen LogP contribution is -2.45. The molecule has 0 spiro atoms. The van der Waals surface area contributed by atoms with Gasteiger partial charge in [0, 0.05) is 29.7 Å². The highest BCUT2D eigenvalue weighted by Crippen LogP contribution is 2.31. The lowest BCUT2D eigenvalue weighted by Gasteiger charge is -2.37. The summed E-state index contributed by atoms with van der Waals surface area (Å²) in [6, 6.07) is 10.9. The zero-order chi connectivity index (χ0) is 19.7. The summed E-state index contributed by atoms with van der Waals surface area (Å²) in [6.45, 7) is 1.26. The Morgan fingerprint density at radius 1 is 1.07 bits per heavy atom. The Hall–Kier alpha value is -2.25. The van der Waals surface area contributed by atoms with Crippen LogP contribution in [0.4, 0.5) is 5.69 Å². The summed E-state index contributed by atoms with van der Waals surface area (Å²) in [5, 5.41) is 0.457. The van der Waals surface area contributed by atoms with Crippen molar-refractivity contribution in [1.82, 2.24) is 4.90 Å². The highest BCUT2D eigenvalue weighted by atomic mass is 35.5. The summed E-state index contributed by atoms with van der Waals surface area (Å²) in [5.74, 6) is 0.385. The maximum absolute atomic E-state index is 13.1. The molecule has 1 unspecified atom stereocenters. The third kappa shape index (κ3) is 3.82. The van der Waals surface area contributed by atoms with E-state index >= 15 is 0 Å². The Kier molecular flexibility index (Phi) is 5.21. The van der Waals surface area contributed by atoms with Crippen molar-refractivity contribution in [3.8, 4) is 5.75 Å². The van der Waals surface area contributed by atoms with Crippen molar-refractivity contribution in [2.75, 3.05) is 17.9 Å². The van der Waals surface area contributed by atoms with Gasteiger partial charge in [-0.15, -0.1) is 0 Å². The number of benzene rings is 2. The van der Waals surface area contributed by atoms with Gasteiger partial charge >= 0.3 is 0 Å². The first-order valence-electron chi connectivity index (χ1n) is 9.30. The molecule has 0 aromatic heterocycles. The fraction of sp³-hybridized carbons (Fsp3) is 0.350. The smallest absolute Gasteiger partial charge is 0.261 e. The number of nitrogens with one attached hydrogen (secondary N) is 1. The number of ether oxygens (including phenoxy) is 1. The molecule has 1 N–H and O–H groups in total. The summed E-state index contributed by atoms with van der Waals surface area (Å²) < 4.78 is 33.6. The SMILES string of the molecule is O=C1c2cc(NS(=O)(=O)c3ccc(Cl)cc3)ccc2OCCC2CCCCN12. The molecular formula is C20H21ClN2O4S. The maximum atomic E-state index is 13.1. The molecular weight excluding hydrogens is 400 g/mol. The molecule has 8 heteroatoms. The molecule has 6 nitrogen and oxygen atoms in total. The second kappa shape index (κ2) is 7.64. The van der Waals surface area contributed by atoms with Crippen molar-refractivity contribution < 1.29 is 17.9 Å². The van der Waals surface area contributed by atoms with Crippen LogP contribution in [0.25, 0.3) is 0 Å². The Bertz CT molecular complexity index is 992. The number of halogens is 1. The van der Waals surface area contributed by atoms with Gasteiger partial charge < -0.3 is 9.64 Å². The number of sulfonamides is 1. The van der Waals surface area contributed by atoms with Crippen molar-refractivity contribution in [2.24, 2.45) is 0 Å². The number of piperidine rings is 1. The predicted molar refractivity (Wildman–Crippen MR) is 107 cm³/mol. The van der Waals surface area contributed by atoms with Crippen LogP contribution in [0.3, 0.4) is 0 Å². The van der Waals surface area contributed by atoms with Gasteiger partial charge in [0.15, 0.2) is 0 Å². The van der Waals surface area contributed by atoms with E-state index in [-0.39, 0.29) is 16.8 Å². The second-order valence-electron chi connectivity index (χ2n) is 7.06. The Labute approximate surface area is 169 Å². The maximum Gasteiger partial charge on any atom is 0.261 e. The molecule has 2 aliphatic heterocycles. The normalized spacial score (nSPS) is 19.7. The molecule has 4 rings (SSSR count). The Balaban J connectivity index is 1.64. The summed E-state index contributed by atoms with van der Waals surface area (Å²) in [5.41, 5.74) is 0.711. The molecule has 28 heavy (non-hydrogen) atoms. The lowest BCUT2D eigenvalue weighted by molar-refractivity contribution is 0.0548. The van der Waals surface area contributed by atoms with E-state index in [1.54, 1.807) is 18.2 Å². The third-order valence-corrected chi connectivity index (χ3v) is 6.83. The summed E-state index contributed by atoms with van der Waals surface area (Å²) in [4.78, 5) is 15.1. The lowest BCUT2D eigenvalue weighted by atomic mass is 9.97. The predicted octanol–water partition coefficient (Wildman–Crippen LogP) is 3.92. The second-order valence-corrected chi connectivity index (χ2v) is 9.17. The van der Waals surface area contributed by atoms with Gasteiger partial charge in [-0.25, -0.2) is 8.42 Å². The molecule has 0 radical (unpaired) electrons. The van der Waals surface area contributed by atoms with Crippen LogP contribution in [-0.2, 0) is 10.0 Å². The van der Waals surface area contributed by atoms with Crippen LogP contribution in [0.1, 0.15) is 36.0 Å². The number of anilines is 1. The summed E-state index contributed by atoms with van der Waals surface area (Å²) in [6.07, 6.45) is 3.90. The highest BCUT2D eigenvalue weighted by Gasteiger charge is 2.31. The van der Waals surface area contributed by atoms with Gasteiger partial charge in [-0.1, -0.05) is 11.6 Å². The quantitative estimate of drug-likeness (QED) is 0.816. The van der Waals surface area contributed by atoms with Crippen LogP contribution < -0.4 is 9.46 Å². The molecule has 2 heterocycles. The number of nitrogens with zero attached hydrogens (tertiary/aromatic N) is 1. The molecule has 1 atom stereocenters. The first-order valence-corrected chi connectivity index (χ1v) is 11.2. The van der Waals surface area contributed by atoms with Gasteiger partial charge in [-0.05, 0) is 61.7 Å². The molecule has 148 valence electrons. The minimum atomic E-state index is -3.79. The molecule has 2 aromatic rings. The van der Waals surface area contributed by atoms with Gasteiger partial charge in [-0.2, -0.15) is 0 Å².